The molecule has 0 aliphatic carbocycles. The smallest absolute Gasteiger partial charge is 0.257 e. The highest BCUT2D eigenvalue weighted by Crippen LogP contribution is 2.21. The fraction of sp³-hybridized carbons (Fsp3) is 0.348. The van der Waals surface area contributed by atoms with E-state index in [2.05, 4.69) is 10.6 Å². The molecule has 2 N–H and O–H groups in total. The molecular weight excluding hydrogens is 402 g/mol. The first kappa shape index (κ1) is 21.8. The molecule has 30 heavy (non-hydrogen) atoms. The van der Waals surface area contributed by atoms with Crippen LogP contribution in [0.4, 0.5) is 5.69 Å². The van der Waals surface area contributed by atoms with Crippen LogP contribution >= 0.6 is 11.6 Å². The Labute approximate surface area is 181 Å². The highest BCUT2D eigenvalue weighted by molar-refractivity contribution is 6.34. The topological polar surface area (TPSA) is 78.5 Å². The van der Waals surface area contributed by atoms with Crippen molar-refractivity contribution in [1.82, 2.24) is 10.2 Å². The molecule has 7 heteroatoms. The number of hydrogen-bond donors (Lipinski definition) is 2. The van der Waals surface area contributed by atoms with E-state index in [1.807, 2.05) is 6.92 Å². The van der Waals surface area contributed by atoms with Crippen molar-refractivity contribution < 1.29 is 14.4 Å². The summed E-state index contributed by atoms with van der Waals surface area (Å²) in [7, 11) is 0. The second-order valence-electron chi connectivity index (χ2n) is 7.39. The van der Waals surface area contributed by atoms with Gasteiger partial charge in [0.05, 0.1) is 16.5 Å². The molecule has 1 atom stereocenters. The second kappa shape index (κ2) is 10.3. The quantitative estimate of drug-likeness (QED) is 0.732. The van der Waals surface area contributed by atoms with Gasteiger partial charge in [0.25, 0.3) is 11.8 Å². The predicted molar refractivity (Wildman–Crippen MR) is 118 cm³/mol. The van der Waals surface area contributed by atoms with Crippen LogP contribution in [0.3, 0.4) is 0 Å². The number of carbonyl (C=O) groups excluding carboxylic acids is 3. The molecule has 0 bridgehead atoms. The SMILES string of the molecule is CCCNC(=O)[C@@H]1CCCN(C(=O)c2ccc(NC(=O)c3ccccc3Cl)cc2)C1. The van der Waals surface area contributed by atoms with Crippen molar-refractivity contribution in [2.24, 2.45) is 5.92 Å². The highest BCUT2D eigenvalue weighted by Gasteiger charge is 2.28. The molecule has 2 aromatic rings. The van der Waals surface area contributed by atoms with Gasteiger partial charge in [0.2, 0.25) is 5.91 Å². The van der Waals surface area contributed by atoms with Gasteiger partial charge in [-0.05, 0) is 55.7 Å². The molecular formula is C23H26ClN3O3. The third-order valence-corrected chi connectivity index (χ3v) is 5.47. The molecule has 158 valence electrons. The van der Waals surface area contributed by atoms with Gasteiger partial charge >= 0.3 is 0 Å². The van der Waals surface area contributed by atoms with E-state index >= 15 is 0 Å². The van der Waals surface area contributed by atoms with Crippen molar-refractivity contribution >= 4 is 35.0 Å². The highest BCUT2D eigenvalue weighted by atomic mass is 35.5. The molecule has 1 aliphatic rings. The van der Waals surface area contributed by atoms with E-state index in [9.17, 15) is 14.4 Å². The molecule has 1 heterocycles. The van der Waals surface area contributed by atoms with Crippen LogP contribution in [0.2, 0.25) is 5.02 Å². The zero-order chi connectivity index (χ0) is 21.5. The average molecular weight is 428 g/mol. The van der Waals surface area contributed by atoms with Gasteiger partial charge in [0, 0.05) is 30.9 Å². The number of nitrogens with one attached hydrogen (secondary N) is 2. The Morgan fingerprint density at radius 1 is 1.10 bits per heavy atom. The third kappa shape index (κ3) is 5.39. The number of likely N-dealkylation sites (tertiary alicyclic amines) is 1. The fourth-order valence-corrected chi connectivity index (χ4v) is 3.71. The van der Waals surface area contributed by atoms with E-state index in [1.54, 1.807) is 53.4 Å². The maximum Gasteiger partial charge on any atom is 0.257 e. The van der Waals surface area contributed by atoms with Gasteiger partial charge in [-0.25, -0.2) is 0 Å². The number of carbonyl (C=O) groups is 3. The number of nitrogens with zero attached hydrogens (tertiary/aromatic N) is 1. The first-order chi connectivity index (χ1) is 14.5. The van der Waals surface area contributed by atoms with Crippen LogP contribution in [0.25, 0.3) is 0 Å². The van der Waals surface area contributed by atoms with E-state index in [4.69, 9.17) is 11.6 Å². The number of piperidine rings is 1. The Balaban J connectivity index is 1.61. The van der Waals surface area contributed by atoms with Crippen molar-refractivity contribution in [2.75, 3.05) is 25.0 Å². The molecule has 0 radical (unpaired) electrons. The average Bonchev–Trinajstić information content (AvgIpc) is 2.77. The lowest BCUT2D eigenvalue weighted by Crippen LogP contribution is -2.45. The lowest BCUT2D eigenvalue weighted by atomic mass is 9.96. The van der Waals surface area contributed by atoms with Crippen molar-refractivity contribution in [3.05, 3.63) is 64.7 Å². The number of halogens is 1. The molecule has 1 fully saturated rings. The summed E-state index contributed by atoms with van der Waals surface area (Å²) in [6.07, 6.45) is 2.49. The maximum absolute atomic E-state index is 12.9. The minimum absolute atomic E-state index is 0.0204. The summed E-state index contributed by atoms with van der Waals surface area (Å²) >= 11 is 6.06. The Bertz CT molecular complexity index is 914. The van der Waals surface area contributed by atoms with E-state index in [0.717, 1.165) is 19.3 Å². The van der Waals surface area contributed by atoms with Crippen LogP contribution in [0, 0.1) is 5.92 Å². The van der Waals surface area contributed by atoms with Crippen LogP contribution in [-0.4, -0.2) is 42.3 Å². The Morgan fingerprint density at radius 3 is 2.53 bits per heavy atom. The largest absolute Gasteiger partial charge is 0.356 e. The first-order valence-corrected chi connectivity index (χ1v) is 10.6. The van der Waals surface area contributed by atoms with Crippen LogP contribution in [0.15, 0.2) is 48.5 Å². The second-order valence-corrected chi connectivity index (χ2v) is 7.80. The number of hydrogen-bond acceptors (Lipinski definition) is 3. The summed E-state index contributed by atoms with van der Waals surface area (Å²) in [4.78, 5) is 39.2. The summed E-state index contributed by atoms with van der Waals surface area (Å²) in [6, 6.07) is 13.6. The van der Waals surface area contributed by atoms with Crippen LogP contribution in [-0.2, 0) is 4.79 Å². The summed E-state index contributed by atoms with van der Waals surface area (Å²) in [5.41, 5.74) is 1.49. The standard InChI is InChI=1S/C23H26ClN3O3/c1-2-13-25-21(28)17-6-5-14-27(15-17)23(30)16-9-11-18(12-10-16)26-22(29)19-7-3-4-8-20(19)24/h3-4,7-12,17H,2,5-6,13-15H2,1H3,(H,25,28)(H,26,29)/t17-/m1/s1. The normalized spacial score (nSPS) is 16.1. The van der Waals surface area contributed by atoms with Crippen LogP contribution in [0.1, 0.15) is 46.9 Å². The van der Waals surface area contributed by atoms with Crippen molar-refractivity contribution in [3.8, 4) is 0 Å². The number of rotatable bonds is 6. The Kier molecular flexibility index (Phi) is 7.46. The molecule has 1 saturated heterocycles. The van der Waals surface area contributed by atoms with Gasteiger partial charge in [-0.1, -0.05) is 30.7 Å². The lowest BCUT2D eigenvalue weighted by Gasteiger charge is -2.32. The summed E-state index contributed by atoms with van der Waals surface area (Å²) in [5.74, 6) is -0.556. The molecule has 0 aromatic heterocycles. The summed E-state index contributed by atoms with van der Waals surface area (Å²) < 4.78 is 0. The summed E-state index contributed by atoms with van der Waals surface area (Å²) in [5, 5.41) is 6.08. The molecule has 3 rings (SSSR count). The van der Waals surface area contributed by atoms with E-state index in [-0.39, 0.29) is 23.6 Å². The van der Waals surface area contributed by atoms with Crippen LogP contribution in [0.5, 0.6) is 0 Å². The van der Waals surface area contributed by atoms with Crippen molar-refractivity contribution in [2.45, 2.75) is 26.2 Å². The molecule has 0 unspecified atom stereocenters. The Hall–Kier alpha value is -2.86. The van der Waals surface area contributed by atoms with Gasteiger partial charge in [-0.2, -0.15) is 0 Å². The molecule has 0 spiro atoms. The molecule has 3 amide bonds. The van der Waals surface area contributed by atoms with E-state index in [0.29, 0.717) is 41.5 Å². The van der Waals surface area contributed by atoms with Crippen LogP contribution < -0.4 is 10.6 Å². The minimum atomic E-state index is -0.309. The number of benzene rings is 2. The lowest BCUT2D eigenvalue weighted by molar-refractivity contribution is -0.126. The molecule has 0 saturated carbocycles. The zero-order valence-corrected chi connectivity index (χ0v) is 17.7. The first-order valence-electron chi connectivity index (χ1n) is 10.2. The van der Waals surface area contributed by atoms with Gasteiger partial charge in [-0.15, -0.1) is 0 Å². The number of amides is 3. The van der Waals surface area contributed by atoms with Gasteiger partial charge in [-0.3, -0.25) is 14.4 Å². The van der Waals surface area contributed by atoms with Gasteiger partial charge < -0.3 is 15.5 Å². The summed E-state index contributed by atoms with van der Waals surface area (Å²) in [6.45, 7) is 3.74. The van der Waals surface area contributed by atoms with E-state index in [1.165, 1.54) is 0 Å². The molecule has 6 nitrogen and oxygen atoms in total. The Morgan fingerprint density at radius 2 is 1.83 bits per heavy atom. The zero-order valence-electron chi connectivity index (χ0n) is 17.0. The molecule has 2 aromatic carbocycles. The fourth-order valence-electron chi connectivity index (χ4n) is 3.49. The molecule has 1 aliphatic heterocycles. The minimum Gasteiger partial charge on any atom is -0.356 e. The third-order valence-electron chi connectivity index (χ3n) is 5.14. The monoisotopic (exact) mass is 427 g/mol. The number of anilines is 1. The van der Waals surface area contributed by atoms with Gasteiger partial charge in [0.15, 0.2) is 0 Å². The van der Waals surface area contributed by atoms with Gasteiger partial charge in [0.1, 0.15) is 0 Å². The van der Waals surface area contributed by atoms with Crippen molar-refractivity contribution in [3.63, 3.8) is 0 Å². The predicted octanol–water partition coefficient (Wildman–Crippen LogP) is 3.97. The maximum atomic E-state index is 12.9. The van der Waals surface area contributed by atoms with E-state index < -0.39 is 0 Å². The van der Waals surface area contributed by atoms with Crippen molar-refractivity contribution in [1.29, 1.82) is 0 Å².